The number of rotatable bonds is 2. The van der Waals surface area contributed by atoms with Crippen LogP contribution in [0.4, 0.5) is 13.2 Å². The Morgan fingerprint density at radius 1 is 1.45 bits per heavy atom. The zero-order valence-corrected chi connectivity index (χ0v) is 11.6. The number of hydrogen-bond donors (Lipinski definition) is 1. The summed E-state index contributed by atoms with van der Waals surface area (Å²) in [7, 11) is 1.24. The number of amides is 1. The number of aromatic amines is 1. The van der Waals surface area contributed by atoms with Crippen molar-refractivity contribution in [1.82, 2.24) is 14.5 Å². The van der Waals surface area contributed by atoms with Crippen LogP contribution in [0.25, 0.3) is 0 Å². The predicted molar refractivity (Wildman–Crippen MR) is 68.4 cm³/mol. The van der Waals surface area contributed by atoms with Crippen molar-refractivity contribution < 1.29 is 22.7 Å². The first kappa shape index (κ1) is 16.3. The van der Waals surface area contributed by atoms with Gasteiger partial charge in [-0.25, -0.2) is 4.79 Å². The molecule has 7 nitrogen and oxygen atoms in total. The summed E-state index contributed by atoms with van der Waals surface area (Å²) in [6.45, 7) is -0.805. The molecular weight excluding hydrogens is 307 g/mol. The summed E-state index contributed by atoms with van der Waals surface area (Å²) in [5.41, 5.74) is -1.27. The molecule has 10 heteroatoms. The molecule has 1 atom stereocenters. The third kappa shape index (κ3) is 3.38. The average Bonchev–Trinajstić information content (AvgIpc) is 2.47. The number of morpholine rings is 1. The molecule has 1 saturated heterocycles. The monoisotopic (exact) mass is 321 g/mol. The van der Waals surface area contributed by atoms with E-state index in [1.54, 1.807) is 0 Å². The lowest BCUT2D eigenvalue weighted by Crippen LogP contribution is -2.51. The number of alkyl halides is 3. The normalized spacial score (nSPS) is 19.3. The Kier molecular flexibility index (Phi) is 4.40. The van der Waals surface area contributed by atoms with Crippen LogP contribution in [0.15, 0.2) is 15.8 Å². The highest BCUT2D eigenvalue weighted by Gasteiger charge is 2.44. The van der Waals surface area contributed by atoms with Crippen LogP contribution >= 0.6 is 0 Å². The van der Waals surface area contributed by atoms with E-state index in [4.69, 9.17) is 0 Å². The fourth-order valence-corrected chi connectivity index (χ4v) is 2.09. The van der Waals surface area contributed by atoms with E-state index in [0.717, 1.165) is 15.7 Å². The van der Waals surface area contributed by atoms with Crippen molar-refractivity contribution in [3.05, 3.63) is 32.6 Å². The summed E-state index contributed by atoms with van der Waals surface area (Å²) in [6, 6.07) is 0. The molecule has 0 aliphatic carbocycles. The van der Waals surface area contributed by atoms with Crippen LogP contribution < -0.4 is 11.2 Å². The van der Waals surface area contributed by atoms with Gasteiger partial charge in [-0.1, -0.05) is 0 Å². The largest absolute Gasteiger partial charge is 0.416 e. The standard InChI is InChI=1S/C12H14F3N3O4/c1-17-10(20)7(5-16-11(17)21)4-9(19)18-2-3-22-8(6-18)12(13,14)15/h5,8H,2-4,6H2,1H3,(H,16,21)/t8-/m1/s1. The Labute approximate surface area is 122 Å². The fraction of sp³-hybridized carbons (Fsp3) is 0.583. The minimum Gasteiger partial charge on any atom is -0.365 e. The van der Waals surface area contributed by atoms with Crippen LogP contribution in [0, 0.1) is 0 Å². The number of halogens is 3. The number of H-pyrrole nitrogens is 1. The van der Waals surface area contributed by atoms with Crippen molar-refractivity contribution >= 4 is 5.91 Å². The summed E-state index contributed by atoms with van der Waals surface area (Å²) < 4.78 is 43.2. The Balaban J connectivity index is 2.11. The van der Waals surface area contributed by atoms with Crippen molar-refractivity contribution in [2.24, 2.45) is 7.05 Å². The van der Waals surface area contributed by atoms with Crippen molar-refractivity contribution in [2.45, 2.75) is 18.7 Å². The molecule has 1 aromatic heterocycles. The van der Waals surface area contributed by atoms with Crippen molar-refractivity contribution in [3.63, 3.8) is 0 Å². The summed E-state index contributed by atoms with van der Waals surface area (Å²) in [5.74, 6) is -0.623. The van der Waals surface area contributed by atoms with E-state index < -0.39 is 36.0 Å². The van der Waals surface area contributed by atoms with Crippen LogP contribution in [-0.4, -0.2) is 52.3 Å². The van der Waals surface area contributed by atoms with Crippen molar-refractivity contribution in [1.29, 1.82) is 0 Å². The van der Waals surface area contributed by atoms with E-state index in [0.29, 0.717) is 0 Å². The number of ether oxygens (including phenoxy) is 1. The van der Waals surface area contributed by atoms with Gasteiger partial charge >= 0.3 is 11.9 Å². The average molecular weight is 321 g/mol. The number of aromatic nitrogens is 2. The highest BCUT2D eigenvalue weighted by Crippen LogP contribution is 2.25. The molecule has 122 valence electrons. The molecule has 2 rings (SSSR count). The zero-order chi connectivity index (χ0) is 16.5. The maximum atomic E-state index is 12.6. The van der Waals surface area contributed by atoms with Crippen molar-refractivity contribution in [2.75, 3.05) is 19.7 Å². The molecule has 0 radical (unpaired) electrons. The third-order valence-electron chi connectivity index (χ3n) is 3.38. The van der Waals surface area contributed by atoms with E-state index in [1.807, 2.05) is 0 Å². The highest BCUT2D eigenvalue weighted by atomic mass is 19.4. The molecule has 22 heavy (non-hydrogen) atoms. The molecule has 2 heterocycles. The minimum atomic E-state index is -4.55. The number of nitrogens with zero attached hydrogens (tertiary/aromatic N) is 2. The first-order valence-corrected chi connectivity index (χ1v) is 6.44. The van der Waals surface area contributed by atoms with Crippen LogP contribution in [0.2, 0.25) is 0 Å². The number of carbonyl (C=O) groups excluding carboxylic acids is 1. The van der Waals surface area contributed by atoms with Gasteiger partial charge in [-0.15, -0.1) is 0 Å². The molecule has 0 unspecified atom stereocenters. The van der Waals surface area contributed by atoms with Gasteiger partial charge in [0, 0.05) is 25.4 Å². The van der Waals surface area contributed by atoms with Crippen molar-refractivity contribution in [3.8, 4) is 0 Å². The quantitative estimate of drug-likeness (QED) is 0.789. The van der Waals surface area contributed by atoms with Crippen LogP contribution in [-0.2, 0) is 23.0 Å². The lowest BCUT2D eigenvalue weighted by atomic mass is 10.2. The van der Waals surface area contributed by atoms with Gasteiger partial charge in [-0.3, -0.25) is 14.2 Å². The van der Waals surface area contributed by atoms with Crippen LogP contribution in [0.5, 0.6) is 0 Å². The molecule has 1 N–H and O–H groups in total. The van der Waals surface area contributed by atoms with E-state index in [-0.39, 0.29) is 25.1 Å². The summed E-state index contributed by atoms with van der Waals surface area (Å²) in [6.07, 6.45) is -5.85. The maximum absolute atomic E-state index is 12.6. The Morgan fingerprint density at radius 3 is 2.77 bits per heavy atom. The van der Waals surface area contributed by atoms with Gasteiger partial charge in [0.2, 0.25) is 5.91 Å². The minimum absolute atomic E-state index is 0.0159. The second kappa shape index (κ2) is 5.95. The van der Waals surface area contributed by atoms with Gasteiger partial charge in [-0.2, -0.15) is 13.2 Å². The SMILES string of the molecule is Cn1c(=O)[nH]cc(CC(=O)N2CCO[C@@H](C(F)(F)F)C2)c1=O. The summed E-state index contributed by atoms with van der Waals surface area (Å²) in [4.78, 5) is 38.3. The molecule has 1 aromatic rings. The predicted octanol–water partition coefficient (Wildman–Crippen LogP) is -0.594. The third-order valence-corrected chi connectivity index (χ3v) is 3.38. The second-order valence-corrected chi connectivity index (χ2v) is 4.90. The molecule has 0 aromatic carbocycles. The Morgan fingerprint density at radius 2 is 2.14 bits per heavy atom. The number of carbonyl (C=O) groups is 1. The van der Waals surface area contributed by atoms with E-state index >= 15 is 0 Å². The van der Waals surface area contributed by atoms with Gasteiger partial charge in [0.15, 0.2) is 6.10 Å². The highest BCUT2D eigenvalue weighted by molar-refractivity contribution is 5.78. The maximum Gasteiger partial charge on any atom is 0.416 e. The Bertz CT molecular complexity index is 679. The summed E-state index contributed by atoms with van der Waals surface area (Å²) in [5, 5.41) is 0. The zero-order valence-electron chi connectivity index (χ0n) is 11.6. The number of hydrogen-bond acceptors (Lipinski definition) is 4. The molecule has 0 spiro atoms. The number of nitrogens with one attached hydrogen (secondary N) is 1. The molecule has 1 aliphatic rings. The van der Waals surface area contributed by atoms with E-state index in [2.05, 4.69) is 9.72 Å². The summed E-state index contributed by atoms with van der Waals surface area (Å²) >= 11 is 0. The molecular formula is C12H14F3N3O4. The fourth-order valence-electron chi connectivity index (χ4n) is 2.09. The molecule has 1 amide bonds. The smallest absolute Gasteiger partial charge is 0.365 e. The molecule has 0 saturated carbocycles. The molecule has 1 fully saturated rings. The lowest BCUT2D eigenvalue weighted by Gasteiger charge is -2.33. The Hall–Kier alpha value is -2.10. The topological polar surface area (TPSA) is 84.4 Å². The second-order valence-electron chi connectivity index (χ2n) is 4.90. The van der Waals surface area contributed by atoms with Gasteiger partial charge in [0.25, 0.3) is 5.56 Å². The first-order valence-electron chi connectivity index (χ1n) is 6.44. The van der Waals surface area contributed by atoms with E-state index in [1.165, 1.54) is 7.05 Å². The first-order chi connectivity index (χ1) is 10.2. The van der Waals surface area contributed by atoms with Gasteiger partial charge in [0.05, 0.1) is 19.6 Å². The molecule has 0 bridgehead atoms. The van der Waals surface area contributed by atoms with Gasteiger partial charge in [-0.05, 0) is 0 Å². The van der Waals surface area contributed by atoms with Gasteiger partial charge < -0.3 is 14.6 Å². The lowest BCUT2D eigenvalue weighted by molar-refractivity contribution is -0.236. The van der Waals surface area contributed by atoms with Gasteiger partial charge in [0.1, 0.15) is 0 Å². The molecule has 1 aliphatic heterocycles. The van der Waals surface area contributed by atoms with E-state index in [9.17, 15) is 27.6 Å². The van der Waals surface area contributed by atoms with Crippen LogP contribution in [0.3, 0.4) is 0 Å². The van der Waals surface area contributed by atoms with Crippen LogP contribution in [0.1, 0.15) is 5.56 Å².